The van der Waals surface area contributed by atoms with Crippen LogP contribution >= 0.6 is 0 Å². The number of methoxy groups -OCH3 is 1. The smallest absolute Gasteiger partial charge is 0.119 e. The van der Waals surface area contributed by atoms with Crippen LogP contribution in [0.1, 0.15) is 12.8 Å². The van der Waals surface area contributed by atoms with Crippen molar-refractivity contribution in [3.8, 4) is 11.8 Å². The number of rotatable bonds is 3. The standard InChI is InChI=1S/C14H19N3O/c1-18-14-5-3-13(4-6-14)17-10-2-9-16-12(11-17)7-8-15/h3-6,12,16H,2,7,9-11H2,1H3. The molecule has 1 atom stereocenters. The van der Waals surface area contributed by atoms with Crippen molar-refractivity contribution in [3.63, 3.8) is 0 Å². The van der Waals surface area contributed by atoms with Crippen LogP contribution in [-0.2, 0) is 0 Å². The van der Waals surface area contributed by atoms with Crippen LogP contribution in [0.5, 0.6) is 5.75 Å². The molecule has 4 heteroatoms. The first-order chi connectivity index (χ1) is 8.83. The quantitative estimate of drug-likeness (QED) is 0.881. The zero-order valence-electron chi connectivity index (χ0n) is 10.7. The topological polar surface area (TPSA) is 48.3 Å². The van der Waals surface area contributed by atoms with Gasteiger partial charge in [0.15, 0.2) is 0 Å². The van der Waals surface area contributed by atoms with Crippen LogP contribution in [0.3, 0.4) is 0 Å². The lowest BCUT2D eigenvalue weighted by Gasteiger charge is -2.25. The molecule has 1 unspecified atom stereocenters. The summed E-state index contributed by atoms with van der Waals surface area (Å²) in [7, 11) is 1.67. The van der Waals surface area contributed by atoms with E-state index in [0.29, 0.717) is 6.42 Å². The lowest BCUT2D eigenvalue weighted by atomic mass is 10.2. The molecule has 0 saturated carbocycles. The first kappa shape index (κ1) is 12.7. The second-order valence-electron chi connectivity index (χ2n) is 4.51. The number of nitriles is 1. The van der Waals surface area contributed by atoms with Crippen molar-refractivity contribution in [1.82, 2.24) is 5.32 Å². The molecular weight excluding hydrogens is 226 g/mol. The molecule has 0 spiro atoms. The lowest BCUT2D eigenvalue weighted by Crippen LogP contribution is -2.37. The molecule has 1 aliphatic heterocycles. The second kappa shape index (κ2) is 6.27. The average molecular weight is 245 g/mol. The van der Waals surface area contributed by atoms with Gasteiger partial charge < -0.3 is 15.0 Å². The van der Waals surface area contributed by atoms with Crippen LogP contribution in [-0.4, -0.2) is 32.8 Å². The van der Waals surface area contributed by atoms with E-state index in [1.165, 1.54) is 5.69 Å². The maximum Gasteiger partial charge on any atom is 0.119 e. The Bertz CT molecular complexity index is 410. The Balaban J connectivity index is 2.07. The normalized spacial score (nSPS) is 20.0. The third kappa shape index (κ3) is 3.14. The number of ether oxygens (including phenoxy) is 1. The van der Waals surface area contributed by atoms with Crippen LogP contribution in [0.4, 0.5) is 5.69 Å². The number of benzene rings is 1. The first-order valence-corrected chi connectivity index (χ1v) is 6.33. The van der Waals surface area contributed by atoms with Gasteiger partial charge in [0.2, 0.25) is 0 Å². The summed E-state index contributed by atoms with van der Waals surface area (Å²) in [4.78, 5) is 2.33. The number of nitrogens with zero attached hydrogens (tertiary/aromatic N) is 2. The van der Waals surface area contributed by atoms with Gasteiger partial charge in [-0.25, -0.2) is 0 Å². The molecule has 0 radical (unpaired) electrons. The second-order valence-corrected chi connectivity index (χ2v) is 4.51. The third-order valence-electron chi connectivity index (χ3n) is 3.25. The van der Waals surface area contributed by atoms with Gasteiger partial charge in [-0.1, -0.05) is 0 Å². The van der Waals surface area contributed by atoms with E-state index in [1.807, 2.05) is 12.1 Å². The van der Waals surface area contributed by atoms with Gasteiger partial charge in [-0.05, 0) is 37.2 Å². The van der Waals surface area contributed by atoms with E-state index in [2.05, 4.69) is 28.4 Å². The molecule has 4 nitrogen and oxygen atoms in total. The molecule has 0 aromatic heterocycles. The van der Waals surface area contributed by atoms with Crippen molar-refractivity contribution < 1.29 is 4.74 Å². The molecule has 96 valence electrons. The molecule has 0 amide bonds. The predicted octanol–water partition coefficient (Wildman–Crippen LogP) is 1.78. The monoisotopic (exact) mass is 245 g/mol. The van der Waals surface area contributed by atoms with Crippen molar-refractivity contribution in [2.24, 2.45) is 0 Å². The molecule has 1 aromatic rings. The highest BCUT2D eigenvalue weighted by molar-refractivity contribution is 5.49. The summed E-state index contributed by atoms with van der Waals surface area (Å²) in [6, 6.07) is 10.6. The molecule has 1 fully saturated rings. The minimum atomic E-state index is 0.264. The Morgan fingerprint density at radius 3 is 2.89 bits per heavy atom. The van der Waals surface area contributed by atoms with Crippen molar-refractivity contribution in [1.29, 1.82) is 5.26 Å². The van der Waals surface area contributed by atoms with Gasteiger partial charge in [0, 0.05) is 24.8 Å². The van der Waals surface area contributed by atoms with Gasteiger partial charge in [-0.15, -0.1) is 0 Å². The van der Waals surface area contributed by atoms with Gasteiger partial charge in [0.05, 0.1) is 19.6 Å². The largest absolute Gasteiger partial charge is 0.497 e. The molecular formula is C14H19N3O. The fraction of sp³-hybridized carbons (Fsp3) is 0.500. The van der Waals surface area contributed by atoms with Crippen molar-refractivity contribution in [2.75, 3.05) is 31.6 Å². The van der Waals surface area contributed by atoms with Crippen LogP contribution in [0.15, 0.2) is 24.3 Å². The van der Waals surface area contributed by atoms with Crippen LogP contribution < -0.4 is 15.0 Å². The Labute approximate surface area is 108 Å². The molecule has 1 heterocycles. The van der Waals surface area contributed by atoms with E-state index in [-0.39, 0.29) is 6.04 Å². The zero-order valence-corrected chi connectivity index (χ0v) is 10.7. The number of anilines is 1. The summed E-state index contributed by atoms with van der Waals surface area (Å²) in [5.41, 5.74) is 1.20. The maximum atomic E-state index is 8.81. The fourth-order valence-corrected chi connectivity index (χ4v) is 2.27. The summed E-state index contributed by atoms with van der Waals surface area (Å²) in [6.07, 6.45) is 1.67. The highest BCUT2D eigenvalue weighted by atomic mass is 16.5. The van der Waals surface area contributed by atoms with E-state index in [4.69, 9.17) is 10.00 Å². The summed E-state index contributed by atoms with van der Waals surface area (Å²) < 4.78 is 5.17. The maximum absolute atomic E-state index is 8.81. The fourth-order valence-electron chi connectivity index (χ4n) is 2.27. The summed E-state index contributed by atoms with van der Waals surface area (Å²) >= 11 is 0. The van der Waals surface area contributed by atoms with Crippen molar-refractivity contribution in [2.45, 2.75) is 18.9 Å². The van der Waals surface area contributed by atoms with Gasteiger partial charge in [-0.3, -0.25) is 0 Å². The van der Waals surface area contributed by atoms with E-state index in [0.717, 1.165) is 31.8 Å². The van der Waals surface area contributed by atoms with Gasteiger partial charge in [-0.2, -0.15) is 5.26 Å². The van der Waals surface area contributed by atoms with E-state index in [1.54, 1.807) is 7.11 Å². The average Bonchev–Trinajstić information content (AvgIpc) is 2.65. The number of hydrogen-bond acceptors (Lipinski definition) is 4. The Hall–Kier alpha value is -1.73. The lowest BCUT2D eigenvalue weighted by molar-refractivity contribution is 0.415. The molecule has 1 N–H and O–H groups in total. The molecule has 1 aromatic carbocycles. The van der Waals surface area contributed by atoms with Crippen molar-refractivity contribution >= 4 is 5.69 Å². The minimum Gasteiger partial charge on any atom is -0.497 e. The Morgan fingerprint density at radius 1 is 1.44 bits per heavy atom. The van der Waals surface area contributed by atoms with Crippen LogP contribution in [0.25, 0.3) is 0 Å². The van der Waals surface area contributed by atoms with Crippen LogP contribution in [0, 0.1) is 11.3 Å². The van der Waals surface area contributed by atoms with Gasteiger partial charge in [0.25, 0.3) is 0 Å². The highest BCUT2D eigenvalue weighted by Gasteiger charge is 2.17. The summed E-state index contributed by atoms with van der Waals surface area (Å²) in [6.45, 7) is 2.90. The molecule has 0 aliphatic carbocycles. The summed E-state index contributed by atoms with van der Waals surface area (Å²) in [5.74, 6) is 0.875. The van der Waals surface area contributed by atoms with Gasteiger partial charge >= 0.3 is 0 Å². The predicted molar refractivity (Wildman–Crippen MR) is 71.8 cm³/mol. The third-order valence-corrected chi connectivity index (χ3v) is 3.25. The molecule has 2 rings (SSSR count). The number of hydrogen-bond donors (Lipinski definition) is 1. The molecule has 0 bridgehead atoms. The molecule has 1 aliphatic rings. The highest BCUT2D eigenvalue weighted by Crippen LogP contribution is 2.20. The molecule has 1 saturated heterocycles. The Morgan fingerprint density at radius 2 is 2.22 bits per heavy atom. The van der Waals surface area contributed by atoms with Gasteiger partial charge in [0.1, 0.15) is 5.75 Å². The number of nitrogens with one attached hydrogen (secondary N) is 1. The first-order valence-electron chi connectivity index (χ1n) is 6.33. The molecule has 18 heavy (non-hydrogen) atoms. The van der Waals surface area contributed by atoms with E-state index >= 15 is 0 Å². The minimum absolute atomic E-state index is 0.264. The van der Waals surface area contributed by atoms with E-state index in [9.17, 15) is 0 Å². The zero-order chi connectivity index (χ0) is 12.8. The van der Waals surface area contributed by atoms with Crippen LogP contribution in [0.2, 0.25) is 0 Å². The van der Waals surface area contributed by atoms with E-state index < -0.39 is 0 Å². The van der Waals surface area contributed by atoms with Crippen molar-refractivity contribution in [3.05, 3.63) is 24.3 Å². The Kier molecular flexibility index (Phi) is 4.43. The SMILES string of the molecule is COc1ccc(N2CCCNC(CC#N)C2)cc1. The summed E-state index contributed by atoms with van der Waals surface area (Å²) in [5, 5.41) is 12.2.